The lowest BCUT2D eigenvalue weighted by atomic mass is 10.2. The highest BCUT2D eigenvalue weighted by molar-refractivity contribution is 6.06. The summed E-state index contributed by atoms with van der Waals surface area (Å²) in [5, 5.41) is 2.49. The maximum absolute atomic E-state index is 11.8. The Labute approximate surface area is 122 Å². The van der Waals surface area contributed by atoms with Gasteiger partial charge in [-0.3, -0.25) is 19.3 Å². The second-order valence-electron chi connectivity index (χ2n) is 4.72. The summed E-state index contributed by atoms with van der Waals surface area (Å²) in [6.45, 7) is 0.0664. The third-order valence-electron chi connectivity index (χ3n) is 3.27. The van der Waals surface area contributed by atoms with E-state index < -0.39 is 17.9 Å². The van der Waals surface area contributed by atoms with Crippen LogP contribution >= 0.6 is 0 Å². The van der Waals surface area contributed by atoms with Gasteiger partial charge in [-0.25, -0.2) is 0 Å². The van der Waals surface area contributed by atoms with E-state index in [1.165, 1.54) is 7.05 Å². The summed E-state index contributed by atoms with van der Waals surface area (Å²) < 4.78 is 5.39. The summed E-state index contributed by atoms with van der Waals surface area (Å²) in [4.78, 5) is 35.8. The van der Waals surface area contributed by atoms with Crippen molar-refractivity contribution in [2.75, 3.05) is 13.7 Å². The Morgan fingerprint density at radius 1 is 1.43 bits per heavy atom. The van der Waals surface area contributed by atoms with E-state index in [0.29, 0.717) is 12.3 Å². The van der Waals surface area contributed by atoms with Crippen molar-refractivity contribution in [3.8, 4) is 5.75 Å². The molecule has 0 spiro atoms. The first-order chi connectivity index (χ1) is 10.0. The van der Waals surface area contributed by atoms with E-state index in [2.05, 4.69) is 5.32 Å². The normalized spacial score (nSPS) is 18.0. The fourth-order valence-corrected chi connectivity index (χ4v) is 2.06. The molecule has 0 aromatic heterocycles. The number of amides is 3. The van der Waals surface area contributed by atoms with Crippen LogP contribution in [0.25, 0.3) is 0 Å². The Morgan fingerprint density at radius 3 is 2.76 bits per heavy atom. The highest BCUT2D eigenvalue weighted by Gasteiger charge is 2.36. The van der Waals surface area contributed by atoms with Crippen LogP contribution in [0.1, 0.15) is 12.0 Å². The summed E-state index contributed by atoms with van der Waals surface area (Å²) in [6, 6.07) is 6.33. The van der Waals surface area contributed by atoms with Gasteiger partial charge in [0.2, 0.25) is 5.91 Å². The minimum Gasteiger partial charge on any atom is -0.483 e. The third-order valence-corrected chi connectivity index (χ3v) is 3.27. The molecule has 21 heavy (non-hydrogen) atoms. The van der Waals surface area contributed by atoms with Gasteiger partial charge in [0.25, 0.3) is 11.8 Å². The van der Waals surface area contributed by atoms with Crippen molar-refractivity contribution in [1.82, 2.24) is 10.2 Å². The molecule has 1 aliphatic rings. The number of hydrogen-bond acceptors (Lipinski definition) is 5. The summed E-state index contributed by atoms with van der Waals surface area (Å²) in [5.74, 6) is -0.639. The molecule has 2 rings (SSSR count). The first kappa shape index (κ1) is 15.0. The lowest BCUT2D eigenvalue weighted by molar-refractivity contribution is -0.138. The average Bonchev–Trinajstić information content (AvgIpc) is 2.72. The van der Waals surface area contributed by atoms with Gasteiger partial charge in [0.15, 0.2) is 6.61 Å². The number of carbonyl (C=O) groups is 3. The number of nitrogens with two attached hydrogens (primary N) is 1. The Balaban J connectivity index is 1.88. The molecule has 1 fully saturated rings. The molecule has 0 saturated carbocycles. The smallest absolute Gasteiger partial charge is 0.258 e. The van der Waals surface area contributed by atoms with Crippen molar-refractivity contribution in [3.63, 3.8) is 0 Å². The average molecular weight is 291 g/mol. The Morgan fingerprint density at radius 2 is 2.14 bits per heavy atom. The lowest BCUT2D eigenvalue weighted by Crippen LogP contribution is -2.42. The first-order valence-corrected chi connectivity index (χ1v) is 6.53. The third kappa shape index (κ3) is 3.38. The number of imide groups is 1. The van der Waals surface area contributed by atoms with Crippen LogP contribution in [-0.4, -0.2) is 42.3 Å². The quantitative estimate of drug-likeness (QED) is 0.705. The van der Waals surface area contributed by atoms with Gasteiger partial charge in [-0.15, -0.1) is 0 Å². The minimum absolute atomic E-state index is 0.0134. The number of ether oxygens (including phenoxy) is 1. The molecule has 3 N–H and O–H groups in total. The van der Waals surface area contributed by atoms with Crippen molar-refractivity contribution >= 4 is 17.7 Å². The lowest BCUT2D eigenvalue weighted by Gasteiger charge is -2.13. The van der Waals surface area contributed by atoms with Crippen molar-refractivity contribution in [2.24, 2.45) is 5.73 Å². The predicted octanol–water partition coefficient (Wildman–Crippen LogP) is -0.602. The van der Waals surface area contributed by atoms with Crippen molar-refractivity contribution in [3.05, 3.63) is 29.8 Å². The monoisotopic (exact) mass is 291 g/mol. The Bertz CT molecular complexity index is 573. The van der Waals surface area contributed by atoms with E-state index in [4.69, 9.17) is 10.5 Å². The van der Waals surface area contributed by atoms with Crippen LogP contribution in [0.5, 0.6) is 5.75 Å². The Hall–Kier alpha value is -2.41. The molecule has 112 valence electrons. The molecule has 1 heterocycles. The molecular weight excluding hydrogens is 274 g/mol. The molecule has 0 radical (unpaired) electrons. The number of likely N-dealkylation sites (N-methyl/N-ethyl adjacent to an activating group) is 1. The molecule has 1 aliphatic heterocycles. The topological polar surface area (TPSA) is 102 Å². The van der Waals surface area contributed by atoms with Crippen LogP contribution in [0.2, 0.25) is 0 Å². The SMILES string of the molecule is CN1C(=O)CC(NC(=O)COc2ccccc2CN)C1=O. The van der Waals surface area contributed by atoms with Crippen LogP contribution in [0.3, 0.4) is 0 Å². The number of benzene rings is 1. The summed E-state index contributed by atoms with van der Waals surface area (Å²) >= 11 is 0. The van der Waals surface area contributed by atoms with Crippen molar-refractivity contribution < 1.29 is 19.1 Å². The number of para-hydroxylation sites is 1. The minimum atomic E-state index is -0.802. The van der Waals surface area contributed by atoms with Gasteiger partial charge in [-0.05, 0) is 6.07 Å². The number of likely N-dealkylation sites (tertiary alicyclic amines) is 1. The van der Waals surface area contributed by atoms with Gasteiger partial charge in [0, 0.05) is 19.2 Å². The van der Waals surface area contributed by atoms with E-state index in [1.54, 1.807) is 18.2 Å². The molecule has 1 aromatic carbocycles. The highest BCUT2D eigenvalue weighted by atomic mass is 16.5. The molecule has 7 heteroatoms. The maximum atomic E-state index is 11.8. The van der Waals surface area contributed by atoms with Crippen LogP contribution in [0, 0.1) is 0 Å². The van der Waals surface area contributed by atoms with E-state index in [0.717, 1.165) is 10.5 Å². The predicted molar refractivity (Wildman–Crippen MR) is 74.2 cm³/mol. The first-order valence-electron chi connectivity index (χ1n) is 6.53. The zero-order chi connectivity index (χ0) is 15.4. The van der Waals surface area contributed by atoms with Crippen LogP contribution < -0.4 is 15.8 Å². The fourth-order valence-electron chi connectivity index (χ4n) is 2.06. The number of rotatable bonds is 5. The Kier molecular flexibility index (Phi) is 4.54. The molecule has 1 saturated heterocycles. The van der Waals surface area contributed by atoms with Crippen molar-refractivity contribution in [2.45, 2.75) is 19.0 Å². The fraction of sp³-hybridized carbons (Fsp3) is 0.357. The van der Waals surface area contributed by atoms with E-state index in [-0.39, 0.29) is 18.9 Å². The van der Waals surface area contributed by atoms with E-state index in [1.807, 2.05) is 6.07 Å². The molecule has 7 nitrogen and oxygen atoms in total. The number of hydrogen-bond donors (Lipinski definition) is 2. The molecule has 0 aliphatic carbocycles. The zero-order valence-corrected chi connectivity index (χ0v) is 11.7. The molecule has 1 aromatic rings. The number of carbonyl (C=O) groups excluding carboxylic acids is 3. The van der Waals surface area contributed by atoms with Gasteiger partial charge in [-0.2, -0.15) is 0 Å². The zero-order valence-electron chi connectivity index (χ0n) is 11.7. The second kappa shape index (κ2) is 6.36. The number of nitrogens with one attached hydrogen (secondary N) is 1. The van der Waals surface area contributed by atoms with Gasteiger partial charge >= 0.3 is 0 Å². The standard InChI is InChI=1S/C14H17N3O4/c1-17-13(19)6-10(14(17)20)16-12(18)8-21-11-5-3-2-4-9(11)7-15/h2-5,10H,6-8,15H2,1H3,(H,16,18). The maximum Gasteiger partial charge on any atom is 0.258 e. The van der Waals surface area contributed by atoms with Crippen LogP contribution in [0.15, 0.2) is 24.3 Å². The molecule has 0 bridgehead atoms. The van der Waals surface area contributed by atoms with E-state index >= 15 is 0 Å². The van der Waals surface area contributed by atoms with Gasteiger partial charge in [0.1, 0.15) is 11.8 Å². The van der Waals surface area contributed by atoms with Crippen LogP contribution in [0.4, 0.5) is 0 Å². The molecule has 3 amide bonds. The van der Waals surface area contributed by atoms with Crippen LogP contribution in [-0.2, 0) is 20.9 Å². The highest BCUT2D eigenvalue weighted by Crippen LogP contribution is 2.17. The van der Waals surface area contributed by atoms with Gasteiger partial charge in [0.05, 0.1) is 6.42 Å². The summed E-state index contributed by atoms with van der Waals surface area (Å²) in [5.41, 5.74) is 6.36. The second-order valence-corrected chi connectivity index (χ2v) is 4.72. The largest absolute Gasteiger partial charge is 0.483 e. The molecule has 1 unspecified atom stereocenters. The molecule has 1 atom stereocenters. The molecular formula is C14H17N3O4. The van der Waals surface area contributed by atoms with Gasteiger partial charge in [-0.1, -0.05) is 18.2 Å². The van der Waals surface area contributed by atoms with E-state index in [9.17, 15) is 14.4 Å². The summed E-state index contributed by atoms with van der Waals surface area (Å²) in [6.07, 6.45) is -0.0134. The van der Waals surface area contributed by atoms with Crippen molar-refractivity contribution in [1.29, 1.82) is 0 Å². The van der Waals surface area contributed by atoms with Gasteiger partial charge < -0.3 is 15.8 Å². The number of nitrogens with zero attached hydrogens (tertiary/aromatic N) is 1. The summed E-state index contributed by atoms with van der Waals surface area (Å²) in [7, 11) is 1.39.